The third-order valence-corrected chi connectivity index (χ3v) is 3.06. The van der Waals surface area contributed by atoms with E-state index in [1.165, 1.54) is 5.56 Å². The van der Waals surface area contributed by atoms with Gasteiger partial charge in [-0.3, -0.25) is 0 Å². The fourth-order valence-electron chi connectivity index (χ4n) is 1.68. The van der Waals surface area contributed by atoms with Gasteiger partial charge in [0.25, 0.3) is 0 Å². The number of aryl methyl sites for hydroxylation is 2. The van der Waals surface area contributed by atoms with E-state index >= 15 is 0 Å². The highest BCUT2D eigenvalue weighted by atomic mass is 79.9. The van der Waals surface area contributed by atoms with Gasteiger partial charge in [0.1, 0.15) is 5.75 Å². The molecule has 0 amide bonds. The van der Waals surface area contributed by atoms with Crippen molar-refractivity contribution in [3.63, 3.8) is 0 Å². The molecule has 0 aliphatic rings. The first-order valence-corrected chi connectivity index (χ1v) is 6.06. The second-order valence-corrected chi connectivity index (χ2v) is 4.67. The molecule has 82 valence electrons. The molecule has 0 unspecified atom stereocenters. The van der Waals surface area contributed by atoms with Gasteiger partial charge in [-0.1, -0.05) is 46.3 Å². The summed E-state index contributed by atoms with van der Waals surface area (Å²) in [5, 5.41) is 9.69. The van der Waals surface area contributed by atoms with Crippen LogP contribution in [-0.4, -0.2) is 5.11 Å². The normalized spacial score (nSPS) is 10.3. The summed E-state index contributed by atoms with van der Waals surface area (Å²) in [4.78, 5) is 0. The van der Waals surface area contributed by atoms with Crippen LogP contribution in [0.3, 0.4) is 0 Å². The lowest BCUT2D eigenvalue weighted by atomic mass is 10.0. The van der Waals surface area contributed by atoms with Crippen molar-refractivity contribution in [3.8, 4) is 5.75 Å². The summed E-state index contributed by atoms with van der Waals surface area (Å²) in [7, 11) is 0. The van der Waals surface area contributed by atoms with Crippen LogP contribution in [0.2, 0.25) is 0 Å². The summed E-state index contributed by atoms with van der Waals surface area (Å²) in [6.45, 7) is 0. The predicted molar refractivity (Wildman–Crippen MR) is 69.7 cm³/mol. The van der Waals surface area contributed by atoms with E-state index in [0.717, 1.165) is 22.9 Å². The van der Waals surface area contributed by atoms with Crippen LogP contribution in [0.25, 0.3) is 0 Å². The fourth-order valence-corrected chi connectivity index (χ4v) is 2.09. The van der Waals surface area contributed by atoms with Crippen molar-refractivity contribution in [2.45, 2.75) is 12.8 Å². The van der Waals surface area contributed by atoms with Crippen LogP contribution in [-0.2, 0) is 12.8 Å². The summed E-state index contributed by atoms with van der Waals surface area (Å²) in [6, 6.07) is 15.8. The van der Waals surface area contributed by atoms with Gasteiger partial charge in [0, 0.05) is 4.47 Å². The Morgan fingerprint density at radius 2 is 1.69 bits per heavy atom. The van der Waals surface area contributed by atoms with Gasteiger partial charge >= 0.3 is 0 Å². The SMILES string of the molecule is Oc1ccc(Br)cc1CCc1ccccc1. The van der Waals surface area contributed by atoms with Gasteiger partial charge in [-0.05, 0) is 42.2 Å². The lowest BCUT2D eigenvalue weighted by Crippen LogP contribution is -1.91. The summed E-state index contributed by atoms with van der Waals surface area (Å²) in [5.74, 6) is 0.374. The minimum Gasteiger partial charge on any atom is -0.508 e. The lowest BCUT2D eigenvalue weighted by molar-refractivity contribution is 0.468. The first kappa shape index (κ1) is 11.2. The second-order valence-electron chi connectivity index (χ2n) is 3.76. The van der Waals surface area contributed by atoms with E-state index in [9.17, 15) is 5.11 Å². The van der Waals surface area contributed by atoms with Crippen LogP contribution in [0.15, 0.2) is 53.0 Å². The zero-order chi connectivity index (χ0) is 11.4. The molecule has 0 aromatic heterocycles. The van der Waals surface area contributed by atoms with Crippen molar-refractivity contribution in [2.75, 3.05) is 0 Å². The van der Waals surface area contributed by atoms with Crippen LogP contribution < -0.4 is 0 Å². The summed E-state index contributed by atoms with van der Waals surface area (Å²) >= 11 is 3.41. The molecule has 0 radical (unpaired) electrons. The Bertz CT molecular complexity index is 465. The summed E-state index contributed by atoms with van der Waals surface area (Å²) in [6.07, 6.45) is 1.81. The van der Waals surface area contributed by atoms with Gasteiger partial charge < -0.3 is 5.11 Å². The van der Waals surface area contributed by atoms with E-state index in [0.29, 0.717) is 5.75 Å². The average Bonchev–Trinajstić information content (AvgIpc) is 2.32. The first-order chi connectivity index (χ1) is 7.75. The molecule has 0 saturated carbocycles. The number of hydrogen-bond donors (Lipinski definition) is 1. The molecule has 0 saturated heterocycles. The van der Waals surface area contributed by atoms with E-state index < -0.39 is 0 Å². The predicted octanol–water partition coefficient (Wildman–Crippen LogP) is 3.94. The number of rotatable bonds is 3. The van der Waals surface area contributed by atoms with E-state index in [2.05, 4.69) is 28.1 Å². The Hall–Kier alpha value is -1.28. The van der Waals surface area contributed by atoms with Crippen molar-refractivity contribution < 1.29 is 5.11 Å². The van der Waals surface area contributed by atoms with E-state index in [-0.39, 0.29) is 0 Å². The Labute approximate surface area is 104 Å². The molecule has 2 rings (SSSR count). The molecule has 0 fully saturated rings. The highest BCUT2D eigenvalue weighted by Gasteiger charge is 2.02. The Morgan fingerprint density at radius 3 is 2.44 bits per heavy atom. The second kappa shape index (κ2) is 5.17. The highest BCUT2D eigenvalue weighted by molar-refractivity contribution is 9.10. The first-order valence-electron chi connectivity index (χ1n) is 5.27. The summed E-state index contributed by atoms with van der Waals surface area (Å²) in [5.41, 5.74) is 2.28. The van der Waals surface area contributed by atoms with E-state index in [1.807, 2.05) is 30.3 Å². The van der Waals surface area contributed by atoms with Gasteiger partial charge in [0.2, 0.25) is 0 Å². The third kappa shape index (κ3) is 2.86. The Balaban J connectivity index is 2.08. The molecule has 16 heavy (non-hydrogen) atoms. The average molecular weight is 277 g/mol. The maximum atomic E-state index is 9.69. The fraction of sp³-hybridized carbons (Fsp3) is 0.143. The van der Waals surface area contributed by atoms with Crippen LogP contribution in [0.4, 0.5) is 0 Å². The van der Waals surface area contributed by atoms with Gasteiger partial charge in [-0.15, -0.1) is 0 Å². The lowest BCUT2D eigenvalue weighted by Gasteiger charge is -2.05. The quantitative estimate of drug-likeness (QED) is 0.901. The van der Waals surface area contributed by atoms with Crippen LogP contribution in [0.1, 0.15) is 11.1 Å². The molecule has 0 aliphatic heterocycles. The van der Waals surface area contributed by atoms with Crippen LogP contribution in [0.5, 0.6) is 5.75 Å². The summed E-state index contributed by atoms with van der Waals surface area (Å²) < 4.78 is 1.01. The largest absolute Gasteiger partial charge is 0.508 e. The smallest absolute Gasteiger partial charge is 0.118 e. The molecule has 0 spiro atoms. The zero-order valence-corrected chi connectivity index (χ0v) is 10.4. The molecule has 0 bridgehead atoms. The zero-order valence-electron chi connectivity index (χ0n) is 8.86. The van der Waals surface area contributed by atoms with Gasteiger partial charge in [0.05, 0.1) is 0 Å². The molecule has 0 heterocycles. The van der Waals surface area contributed by atoms with Crippen molar-refractivity contribution >= 4 is 15.9 Å². The van der Waals surface area contributed by atoms with Crippen LogP contribution >= 0.6 is 15.9 Å². The minimum atomic E-state index is 0.374. The number of benzene rings is 2. The van der Waals surface area contributed by atoms with Crippen molar-refractivity contribution in [1.82, 2.24) is 0 Å². The number of phenols is 1. The molecule has 0 aliphatic carbocycles. The number of hydrogen-bond acceptors (Lipinski definition) is 1. The van der Waals surface area contributed by atoms with Crippen molar-refractivity contribution in [2.24, 2.45) is 0 Å². The monoisotopic (exact) mass is 276 g/mol. The molecule has 1 N–H and O–H groups in total. The van der Waals surface area contributed by atoms with E-state index in [1.54, 1.807) is 6.07 Å². The number of phenolic OH excluding ortho intramolecular Hbond substituents is 1. The van der Waals surface area contributed by atoms with E-state index in [4.69, 9.17) is 0 Å². The molecule has 2 aromatic rings. The van der Waals surface area contributed by atoms with Gasteiger partial charge in [-0.2, -0.15) is 0 Å². The molecular formula is C14H13BrO. The van der Waals surface area contributed by atoms with Gasteiger partial charge in [-0.25, -0.2) is 0 Å². The molecular weight excluding hydrogens is 264 g/mol. The number of halogens is 1. The molecule has 0 atom stereocenters. The topological polar surface area (TPSA) is 20.2 Å². The van der Waals surface area contributed by atoms with Crippen molar-refractivity contribution in [3.05, 3.63) is 64.1 Å². The maximum Gasteiger partial charge on any atom is 0.118 e. The molecule has 2 heteroatoms. The third-order valence-electron chi connectivity index (χ3n) is 2.57. The highest BCUT2D eigenvalue weighted by Crippen LogP contribution is 2.23. The maximum absolute atomic E-state index is 9.69. The van der Waals surface area contributed by atoms with Crippen LogP contribution in [0, 0.1) is 0 Å². The van der Waals surface area contributed by atoms with Crippen molar-refractivity contribution in [1.29, 1.82) is 0 Å². The Kier molecular flexibility index (Phi) is 3.62. The molecule has 2 aromatic carbocycles. The number of aromatic hydroxyl groups is 1. The Morgan fingerprint density at radius 1 is 0.938 bits per heavy atom. The minimum absolute atomic E-state index is 0.374. The van der Waals surface area contributed by atoms with Gasteiger partial charge in [0.15, 0.2) is 0 Å². The standard InChI is InChI=1S/C14H13BrO/c15-13-8-9-14(16)12(10-13)7-6-11-4-2-1-3-5-11/h1-5,8-10,16H,6-7H2. The molecule has 1 nitrogen and oxygen atoms in total.